The van der Waals surface area contributed by atoms with E-state index in [2.05, 4.69) is 56.9 Å². The van der Waals surface area contributed by atoms with Crippen LogP contribution >= 0.6 is 0 Å². The van der Waals surface area contributed by atoms with Gasteiger partial charge >= 0.3 is 0 Å². The number of anilines is 1. The molecule has 1 aliphatic heterocycles. The molecule has 0 aromatic heterocycles. The Morgan fingerprint density at radius 1 is 1.12 bits per heavy atom. The van der Waals surface area contributed by atoms with Crippen LogP contribution < -0.4 is 4.90 Å². The van der Waals surface area contributed by atoms with Crippen molar-refractivity contribution in [2.75, 3.05) is 18.0 Å². The highest BCUT2D eigenvalue weighted by Crippen LogP contribution is 2.28. The maximum Gasteiger partial charge on any atom is 0.0369 e. The Morgan fingerprint density at radius 3 is 2.35 bits per heavy atom. The second-order valence-electron chi connectivity index (χ2n) is 6.47. The molecule has 1 heterocycles. The molecular formula is C16H25N. The first-order valence-corrected chi connectivity index (χ1v) is 6.82. The van der Waals surface area contributed by atoms with E-state index in [1.165, 1.54) is 37.2 Å². The minimum absolute atomic E-state index is 0.249. The molecule has 1 saturated heterocycles. The molecule has 1 fully saturated rings. The zero-order valence-corrected chi connectivity index (χ0v) is 11.7. The summed E-state index contributed by atoms with van der Waals surface area (Å²) in [4.78, 5) is 2.54. The summed E-state index contributed by atoms with van der Waals surface area (Å²) in [6.45, 7) is 11.6. The molecule has 1 aromatic rings. The van der Waals surface area contributed by atoms with Crippen LogP contribution in [0.25, 0.3) is 0 Å². The lowest BCUT2D eigenvalue weighted by Crippen LogP contribution is -2.32. The van der Waals surface area contributed by atoms with E-state index in [4.69, 9.17) is 0 Å². The monoisotopic (exact) mass is 231 g/mol. The molecule has 1 aromatic carbocycles. The van der Waals surface area contributed by atoms with Crippen molar-refractivity contribution in [1.82, 2.24) is 0 Å². The molecule has 0 bridgehead atoms. The fraction of sp³-hybridized carbons (Fsp3) is 0.625. The molecule has 0 spiro atoms. The third-order valence-electron chi connectivity index (χ3n) is 3.86. The van der Waals surface area contributed by atoms with Gasteiger partial charge in [-0.1, -0.05) is 39.8 Å². The maximum absolute atomic E-state index is 2.54. The van der Waals surface area contributed by atoms with Crippen molar-refractivity contribution in [3.63, 3.8) is 0 Å². The highest BCUT2D eigenvalue weighted by atomic mass is 15.1. The van der Waals surface area contributed by atoms with Gasteiger partial charge in [0.05, 0.1) is 0 Å². The molecular weight excluding hydrogens is 206 g/mol. The lowest BCUT2D eigenvalue weighted by molar-refractivity contribution is 0.438. The second kappa shape index (κ2) is 4.72. The molecule has 2 rings (SSSR count). The van der Waals surface area contributed by atoms with Gasteiger partial charge in [0.25, 0.3) is 0 Å². The van der Waals surface area contributed by atoms with Crippen LogP contribution in [0.4, 0.5) is 5.69 Å². The van der Waals surface area contributed by atoms with E-state index >= 15 is 0 Å². The summed E-state index contributed by atoms with van der Waals surface area (Å²) < 4.78 is 0. The number of benzene rings is 1. The zero-order valence-electron chi connectivity index (χ0n) is 11.7. The van der Waals surface area contributed by atoms with Crippen LogP contribution in [0.2, 0.25) is 0 Å². The zero-order chi connectivity index (χ0) is 12.5. The first-order valence-electron chi connectivity index (χ1n) is 6.82. The molecule has 0 atom stereocenters. The van der Waals surface area contributed by atoms with Crippen molar-refractivity contribution in [2.24, 2.45) is 5.92 Å². The molecule has 0 amide bonds. The summed E-state index contributed by atoms with van der Waals surface area (Å²) in [5, 5.41) is 0. The lowest BCUT2D eigenvalue weighted by atomic mass is 9.86. The van der Waals surface area contributed by atoms with Crippen molar-refractivity contribution < 1.29 is 0 Å². The van der Waals surface area contributed by atoms with Crippen LogP contribution in [-0.4, -0.2) is 13.1 Å². The fourth-order valence-electron chi connectivity index (χ4n) is 2.44. The quantitative estimate of drug-likeness (QED) is 0.699. The van der Waals surface area contributed by atoms with Gasteiger partial charge < -0.3 is 4.90 Å². The number of nitrogens with zero attached hydrogens (tertiary/aromatic N) is 1. The topological polar surface area (TPSA) is 3.24 Å². The third kappa shape index (κ3) is 3.02. The molecule has 0 saturated carbocycles. The van der Waals surface area contributed by atoms with E-state index in [-0.39, 0.29) is 5.41 Å². The number of rotatable bonds is 1. The summed E-state index contributed by atoms with van der Waals surface area (Å²) >= 11 is 0. The predicted octanol–water partition coefficient (Wildman–Crippen LogP) is 4.22. The molecule has 1 heteroatoms. The molecule has 1 aliphatic rings. The van der Waals surface area contributed by atoms with Crippen LogP contribution in [0.3, 0.4) is 0 Å². The van der Waals surface area contributed by atoms with Gasteiger partial charge in [-0.15, -0.1) is 0 Å². The second-order valence-corrected chi connectivity index (χ2v) is 6.47. The SMILES string of the molecule is CC1CCN(c2cccc(C(C)(C)C)c2)CC1. The van der Waals surface area contributed by atoms with Crippen molar-refractivity contribution >= 4 is 5.69 Å². The van der Waals surface area contributed by atoms with E-state index in [0.717, 1.165) is 5.92 Å². The van der Waals surface area contributed by atoms with Gasteiger partial charge in [0.2, 0.25) is 0 Å². The predicted molar refractivity (Wildman–Crippen MR) is 75.8 cm³/mol. The Bertz CT molecular complexity index is 367. The highest BCUT2D eigenvalue weighted by Gasteiger charge is 2.18. The summed E-state index contributed by atoms with van der Waals surface area (Å²) in [5.74, 6) is 0.900. The largest absolute Gasteiger partial charge is 0.372 e. The first kappa shape index (κ1) is 12.5. The molecule has 17 heavy (non-hydrogen) atoms. The average Bonchev–Trinajstić information content (AvgIpc) is 2.29. The summed E-state index contributed by atoms with van der Waals surface area (Å²) in [5.41, 5.74) is 3.09. The third-order valence-corrected chi connectivity index (χ3v) is 3.86. The molecule has 0 aliphatic carbocycles. The Labute approximate surface area is 106 Å². The molecule has 94 valence electrons. The van der Waals surface area contributed by atoms with Gasteiger partial charge in [-0.05, 0) is 41.9 Å². The normalized spacial score (nSPS) is 18.5. The smallest absolute Gasteiger partial charge is 0.0369 e. The maximum atomic E-state index is 2.54. The van der Waals surface area contributed by atoms with Gasteiger partial charge in [0, 0.05) is 18.8 Å². The Balaban J connectivity index is 2.16. The summed E-state index contributed by atoms with van der Waals surface area (Å²) in [7, 11) is 0. The van der Waals surface area contributed by atoms with Crippen LogP contribution in [-0.2, 0) is 5.41 Å². The minimum Gasteiger partial charge on any atom is -0.372 e. The molecule has 0 N–H and O–H groups in total. The molecule has 1 nitrogen and oxygen atoms in total. The Kier molecular flexibility index (Phi) is 3.46. The van der Waals surface area contributed by atoms with Crippen molar-refractivity contribution in [1.29, 1.82) is 0 Å². The summed E-state index contributed by atoms with van der Waals surface area (Å²) in [6.07, 6.45) is 2.67. The van der Waals surface area contributed by atoms with Crippen LogP contribution in [0.1, 0.15) is 46.1 Å². The number of hydrogen-bond donors (Lipinski definition) is 0. The highest BCUT2D eigenvalue weighted by molar-refractivity contribution is 5.50. The van der Waals surface area contributed by atoms with Crippen molar-refractivity contribution in [3.05, 3.63) is 29.8 Å². The van der Waals surface area contributed by atoms with E-state index in [1.807, 2.05) is 0 Å². The van der Waals surface area contributed by atoms with E-state index < -0.39 is 0 Å². The van der Waals surface area contributed by atoms with E-state index in [1.54, 1.807) is 0 Å². The number of hydrogen-bond acceptors (Lipinski definition) is 1. The van der Waals surface area contributed by atoms with Gasteiger partial charge in [0.1, 0.15) is 0 Å². The Hall–Kier alpha value is -0.980. The van der Waals surface area contributed by atoms with Crippen LogP contribution in [0, 0.1) is 5.92 Å². The van der Waals surface area contributed by atoms with Gasteiger partial charge in [0.15, 0.2) is 0 Å². The summed E-state index contributed by atoms with van der Waals surface area (Å²) in [6, 6.07) is 9.07. The lowest BCUT2D eigenvalue weighted by Gasteiger charge is -2.33. The van der Waals surface area contributed by atoms with Crippen molar-refractivity contribution in [2.45, 2.75) is 46.0 Å². The van der Waals surface area contributed by atoms with E-state index in [0.29, 0.717) is 0 Å². The first-order chi connectivity index (χ1) is 7.97. The molecule has 0 radical (unpaired) electrons. The average molecular weight is 231 g/mol. The Morgan fingerprint density at radius 2 is 1.76 bits per heavy atom. The number of piperidine rings is 1. The van der Waals surface area contributed by atoms with Gasteiger partial charge in [-0.2, -0.15) is 0 Å². The standard InChI is InChI=1S/C16H25N/c1-13-8-10-17(11-9-13)15-7-5-6-14(12-15)16(2,3)4/h5-7,12-13H,8-11H2,1-4H3. The van der Waals surface area contributed by atoms with Gasteiger partial charge in [-0.25, -0.2) is 0 Å². The minimum atomic E-state index is 0.249. The van der Waals surface area contributed by atoms with Gasteiger partial charge in [-0.3, -0.25) is 0 Å². The van der Waals surface area contributed by atoms with E-state index in [9.17, 15) is 0 Å². The van der Waals surface area contributed by atoms with Crippen LogP contribution in [0.15, 0.2) is 24.3 Å². The fourth-order valence-corrected chi connectivity index (χ4v) is 2.44. The van der Waals surface area contributed by atoms with Crippen LogP contribution in [0.5, 0.6) is 0 Å². The van der Waals surface area contributed by atoms with Crippen molar-refractivity contribution in [3.8, 4) is 0 Å². The molecule has 0 unspecified atom stereocenters.